The molecule has 0 bridgehead atoms. The van der Waals surface area contributed by atoms with Gasteiger partial charge in [-0.3, -0.25) is 0 Å². The van der Waals surface area contributed by atoms with Gasteiger partial charge in [-0.25, -0.2) is 0 Å². The summed E-state index contributed by atoms with van der Waals surface area (Å²) in [6, 6.07) is 0. The van der Waals surface area contributed by atoms with Crippen LogP contribution in [0.15, 0.2) is 0 Å². The molecule has 0 aromatic carbocycles. The molecule has 0 aromatic rings. The van der Waals surface area contributed by atoms with Crippen molar-refractivity contribution in [1.82, 2.24) is 0 Å². The molecule has 1 unspecified atom stereocenters. The summed E-state index contributed by atoms with van der Waals surface area (Å²) in [5.41, 5.74) is 0. The van der Waals surface area contributed by atoms with E-state index in [9.17, 15) is 5.11 Å². The van der Waals surface area contributed by atoms with Crippen LogP contribution >= 0.6 is 0 Å². The molecule has 1 rings (SSSR count). The molecule has 0 amide bonds. The second-order valence-corrected chi connectivity index (χ2v) is 3.72. The molecule has 1 N–H and O–H groups in total. The number of epoxide rings is 1. The molecule has 72 valence electrons. The lowest BCUT2D eigenvalue weighted by Crippen LogP contribution is -2.15. The van der Waals surface area contributed by atoms with Gasteiger partial charge in [0.05, 0.1) is 12.2 Å². The Morgan fingerprint density at radius 1 is 1.33 bits per heavy atom. The highest BCUT2D eigenvalue weighted by molar-refractivity contribution is 4.86. The van der Waals surface area contributed by atoms with Crippen LogP contribution in [0.1, 0.15) is 46.0 Å². The lowest BCUT2D eigenvalue weighted by Gasteiger charge is -2.05. The van der Waals surface area contributed by atoms with E-state index in [1.165, 1.54) is 19.3 Å². The minimum Gasteiger partial charge on any atom is -0.390 e. The summed E-state index contributed by atoms with van der Waals surface area (Å²) in [4.78, 5) is 0. The quantitative estimate of drug-likeness (QED) is 0.491. The van der Waals surface area contributed by atoms with Gasteiger partial charge in [-0.2, -0.15) is 0 Å². The van der Waals surface area contributed by atoms with Crippen molar-refractivity contribution >= 4 is 0 Å². The highest BCUT2D eigenvalue weighted by Gasteiger charge is 2.39. The van der Waals surface area contributed by atoms with E-state index < -0.39 is 0 Å². The summed E-state index contributed by atoms with van der Waals surface area (Å²) in [6.07, 6.45) is 6.07. The number of aliphatic hydroxyl groups excluding tert-OH is 1. The molecule has 0 spiro atoms. The van der Waals surface area contributed by atoms with Crippen molar-refractivity contribution in [2.24, 2.45) is 0 Å². The Morgan fingerprint density at radius 3 is 2.50 bits per heavy atom. The van der Waals surface area contributed by atoms with Crippen LogP contribution in [0.25, 0.3) is 0 Å². The lowest BCUT2D eigenvalue weighted by molar-refractivity contribution is 0.123. The van der Waals surface area contributed by atoms with Crippen LogP contribution in [0, 0.1) is 0 Å². The van der Waals surface area contributed by atoms with Crippen molar-refractivity contribution in [3.63, 3.8) is 0 Å². The van der Waals surface area contributed by atoms with Gasteiger partial charge in [0.1, 0.15) is 6.10 Å². The molecule has 3 atom stereocenters. The van der Waals surface area contributed by atoms with Crippen LogP contribution in [-0.4, -0.2) is 23.4 Å². The van der Waals surface area contributed by atoms with Gasteiger partial charge >= 0.3 is 0 Å². The maximum atomic E-state index is 9.53. The molecular formula is C10H20O2. The first-order valence-electron chi connectivity index (χ1n) is 5.09. The summed E-state index contributed by atoms with van der Waals surface area (Å²) < 4.78 is 5.19. The van der Waals surface area contributed by atoms with Gasteiger partial charge in [0, 0.05) is 0 Å². The van der Waals surface area contributed by atoms with Crippen molar-refractivity contribution in [3.05, 3.63) is 0 Å². The Balaban J connectivity index is 1.92. The van der Waals surface area contributed by atoms with E-state index in [1.807, 2.05) is 6.92 Å². The van der Waals surface area contributed by atoms with Crippen molar-refractivity contribution in [2.45, 2.75) is 64.3 Å². The van der Waals surface area contributed by atoms with Crippen LogP contribution in [0.4, 0.5) is 0 Å². The molecule has 0 saturated carbocycles. The molecule has 12 heavy (non-hydrogen) atoms. The van der Waals surface area contributed by atoms with Crippen LogP contribution in [0.5, 0.6) is 0 Å². The normalized spacial score (nSPS) is 30.2. The summed E-state index contributed by atoms with van der Waals surface area (Å²) in [5.74, 6) is 0. The topological polar surface area (TPSA) is 32.8 Å². The fraction of sp³-hybridized carbons (Fsp3) is 1.00. The first-order chi connectivity index (χ1) is 5.75. The molecule has 0 aromatic heterocycles. The Labute approximate surface area is 74.9 Å². The minimum absolute atomic E-state index is 0.145. The van der Waals surface area contributed by atoms with E-state index in [2.05, 4.69) is 6.92 Å². The van der Waals surface area contributed by atoms with E-state index in [1.54, 1.807) is 0 Å². The fourth-order valence-electron chi connectivity index (χ4n) is 1.55. The van der Waals surface area contributed by atoms with E-state index in [4.69, 9.17) is 4.74 Å². The zero-order valence-corrected chi connectivity index (χ0v) is 8.12. The third kappa shape index (κ3) is 3.11. The average Bonchev–Trinajstić information content (AvgIpc) is 2.76. The fourth-order valence-corrected chi connectivity index (χ4v) is 1.55. The van der Waals surface area contributed by atoms with Crippen molar-refractivity contribution < 1.29 is 9.84 Å². The Kier molecular flexibility index (Phi) is 4.02. The molecule has 2 heteroatoms. The molecule has 1 aliphatic rings. The van der Waals surface area contributed by atoms with Crippen molar-refractivity contribution in [3.8, 4) is 0 Å². The summed E-state index contributed by atoms with van der Waals surface area (Å²) in [5, 5.41) is 9.53. The zero-order valence-electron chi connectivity index (χ0n) is 8.12. The number of ether oxygens (including phenoxy) is 1. The van der Waals surface area contributed by atoms with Crippen LogP contribution in [0.2, 0.25) is 0 Å². The van der Waals surface area contributed by atoms with Gasteiger partial charge in [0.15, 0.2) is 0 Å². The van der Waals surface area contributed by atoms with Crippen LogP contribution in [-0.2, 0) is 4.74 Å². The summed E-state index contributed by atoms with van der Waals surface area (Å²) >= 11 is 0. The smallest absolute Gasteiger partial charge is 0.110 e. The number of unbranched alkanes of at least 4 members (excludes halogenated alkanes) is 3. The molecule has 1 fully saturated rings. The van der Waals surface area contributed by atoms with Gasteiger partial charge in [-0.15, -0.1) is 0 Å². The van der Waals surface area contributed by atoms with E-state index >= 15 is 0 Å². The van der Waals surface area contributed by atoms with Crippen LogP contribution < -0.4 is 0 Å². The molecule has 0 aliphatic carbocycles. The Hall–Kier alpha value is -0.0800. The number of hydrogen-bond acceptors (Lipinski definition) is 2. The van der Waals surface area contributed by atoms with Gasteiger partial charge in [-0.1, -0.05) is 32.6 Å². The predicted molar refractivity (Wildman–Crippen MR) is 49.1 cm³/mol. The van der Waals surface area contributed by atoms with Crippen molar-refractivity contribution in [2.75, 3.05) is 0 Å². The third-order valence-electron chi connectivity index (χ3n) is 2.49. The second-order valence-electron chi connectivity index (χ2n) is 3.72. The monoisotopic (exact) mass is 172 g/mol. The summed E-state index contributed by atoms with van der Waals surface area (Å²) in [7, 11) is 0. The first kappa shape index (κ1) is 10.0. The van der Waals surface area contributed by atoms with E-state index in [0.29, 0.717) is 6.10 Å². The maximum Gasteiger partial charge on any atom is 0.110 e. The highest BCUT2D eigenvalue weighted by Crippen LogP contribution is 2.27. The highest BCUT2D eigenvalue weighted by atomic mass is 16.6. The van der Waals surface area contributed by atoms with Gasteiger partial charge in [0.25, 0.3) is 0 Å². The number of rotatable bonds is 6. The Morgan fingerprint density at radius 2 is 2.00 bits per heavy atom. The largest absolute Gasteiger partial charge is 0.390 e. The molecule has 1 saturated heterocycles. The van der Waals surface area contributed by atoms with Gasteiger partial charge in [-0.05, 0) is 13.3 Å². The number of aliphatic hydroxyl groups is 1. The summed E-state index contributed by atoms with van der Waals surface area (Å²) in [6.45, 7) is 4.21. The van der Waals surface area contributed by atoms with Gasteiger partial charge < -0.3 is 9.84 Å². The average molecular weight is 172 g/mol. The molecule has 0 radical (unpaired) electrons. The van der Waals surface area contributed by atoms with E-state index in [-0.39, 0.29) is 12.2 Å². The van der Waals surface area contributed by atoms with Gasteiger partial charge in [0.2, 0.25) is 0 Å². The minimum atomic E-state index is -0.211. The SMILES string of the molecule is CCCCCCC(O)[C@@H]1O[C@H]1C. The predicted octanol–water partition coefficient (Wildman–Crippen LogP) is 2.10. The lowest BCUT2D eigenvalue weighted by atomic mass is 10.1. The first-order valence-corrected chi connectivity index (χ1v) is 5.09. The zero-order chi connectivity index (χ0) is 8.97. The molecule has 1 heterocycles. The maximum absolute atomic E-state index is 9.53. The van der Waals surface area contributed by atoms with Crippen molar-refractivity contribution in [1.29, 1.82) is 0 Å². The Bertz CT molecular complexity index is 125. The molecule has 1 aliphatic heterocycles. The standard InChI is InChI=1S/C10H20O2/c1-3-4-5-6-7-9(11)10-8(2)12-10/h8-11H,3-7H2,1-2H3/t8-,9?,10+/m0/s1. The van der Waals surface area contributed by atoms with E-state index in [0.717, 1.165) is 12.8 Å². The third-order valence-corrected chi connectivity index (χ3v) is 2.49. The second kappa shape index (κ2) is 4.83. The number of hydrogen-bond donors (Lipinski definition) is 1. The molecule has 2 nitrogen and oxygen atoms in total. The van der Waals surface area contributed by atoms with Crippen LogP contribution in [0.3, 0.4) is 0 Å². The molecular weight excluding hydrogens is 152 g/mol.